The highest BCUT2D eigenvalue weighted by atomic mass is 16.5. The van der Waals surface area contributed by atoms with Crippen LogP contribution in [0.4, 0.5) is 0 Å². The average Bonchev–Trinajstić information content (AvgIpc) is 3.07. The lowest BCUT2D eigenvalue weighted by Gasteiger charge is -2.28. The van der Waals surface area contributed by atoms with Crippen LogP contribution in [-0.2, 0) is 19.1 Å². The van der Waals surface area contributed by atoms with Gasteiger partial charge in [-0.2, -0.15) is 0 Å². The number of carbonyl (C=O) groups is 2. The monoisotopic (exact) mass is 649 g/mol. The van der Waals surface area contributed by atoms with E-state index in [1.807, 2.05) is 0 Å². The van der Waals surface area contributed by atoms with E-state index in [1.165, 1.54) is 167 Å². The molecule has 0 heterocycles. The van der Waals surface area contributed by atoms with Crippen molar-refractivity contribution < 1.29 is 19.1 Å². The lowest BCUT2D eigenvalue weighted by atomic mass is 9.79. The molecule has 272 valence electrons. The molecule has 0 aliphatic heterocycles. The quantitative estimate of drug-likeness (QED) is 0.0514. The van der Waals surface area contributed by atoms with Gasteiger partial charge in [-0.15, -0.1) is 0 Å². The van der Waals surface area contributed by atoms with Crippen LogP contribution in [0.5, 0.6) is 0 Å². The Balaban J connectivity index is 1.96. The summed E-state index contributed by atoms with van der Waals surface area (Å²) in [5.74, 6) is -0.949. The van der Waals surface area contributed by atoms with E-state index in [0.717, 1.165) is 51.4 Å². The second-order valence-electron chi connectivity index (χ2n) is 14.7. The average molecular weight is 649 g/mol. The van der Waals surface area contributed by atoms with Crippen molar-refractivity contribution in [3.63, 3.8) is 0 Å². The van der Waals surface area contributed by atoms with Gasteiger partial charge < -0.3 is 9.47 Å². The molecule has 2 unspecified atom stereocenters. The summed E-state index contributed by atoms with van der Waals surface area (Å²) in [7, 11) is 0. The molecule has 0 N–H and O–H groups in total. The van der Waals surface area contributed by atoms with E-state index in [2.05, 4.69) is 13.8 Å². The zero-order chi connectivity index (χ0) is 33.2. The van der Waals surface area contributed by atoms with E-state index in [9.17, 15) is 9.59 Å². The number of esters is 2. The fraction of sp³-hybridized carbons (Fsp3) is 0.952. The van der Waals surface area contributed by atoms with Crippen LogP contribution in [0.2, 0.25) is 0 Å². The van der Waals surface area contributed by atoms with Crippen molar-refractivity contribution in [2.45, 2.75) is 232 Å². The molecule has 4 heteroatoms. The predicted octanol–water partition coefficient (Wildman–Crippen LogP) is 13.6. The Morgan fingerprint density at radius 2 is 0.587 bits per heavy atom. The van der Waals surface area contributed by atoms with Crippen LogP contribution in [0.25, 0.3) is 0 Å². The molecular weight excluding hydrogens is 568 g/mol. The van der Waals surface area contributed by atoms with Crippen molar-refractivity contribution in [3.8, 4) is 0 Å². The second-order valence-corrected chi connectivity index (χ2v) is 14.7. The van der Waals surface area contributed by atoms with Crippen LogP contribution >= 0.6 is 0 Å². The molecule has 0 spiro atoms. The van der Waals surface area contributed by atoms with E-state index < -0.39 is 0 Å². The highest BCUT2D eigenvalue weighted by Crippen LogP contribution is 2.32. The molecule has 0 amide bonds. The SMILES string of the molecule is CCCCCCCCCCCCCCCCCOC(=O)C1CCCCC1C(=O)OCCCCCCCCCCCCCCCCC. The summed E-state index contributed by atoms with van der Waals surface area (Å²) in [6.45, 7) is 5.55. The minimum atomic E-state index is -0.307. The molecule has 0 bridgehead atoms. The summed E-state index contributed by atoms with van der Waals surface area (Å²) in [6, 6.07) is 0. The number of hydrogen-bond donors (Lipinski definition) is 0. The molecule has 0 saturated heterocycles. The first kappa shape index (κ1) is 43.0. The second kappa shape index (κ2) is 33.8. The molecule has 1 saturated carbocycles. The number of carbonyl (C=O) groups excluding carboxylic acids is 2. The lowest BCUT2D eigenvalue weighted by molar-refractivity contribution is -0.163. The van der Waals surface area contributed by atoms with Gasteiger partial charge >= 0.3 is 11.9 Å². The molecular formula is C42H80O4. The number of hydrogen-bond acceptors (Lipinski definition) is 4. The predicted molar refractivity (Wildman–Crippen MR) is 197 cm³/mol. The van der Waals surface area contributed by atoms with Crippen LogP contribution in [0.1, 0.15) is 232 Å². The van der Waals surface area contributed by atoms with Crippen molar-refractivity contribution in [1.82, 2.24) is 0 Å². The molecule has 0 aromatic carbocycles. The molecule has 1 rings (SSSR count). The number of unbranched alkanes of at least 4 members (excludes halogenated alkanes) is 28. The molecule has 1 aliphatic rings. The minimum Gasteiger partial charge on any atom is -0.465 e. The van der Waals surface area contributed by atoms with E-state index in [1.54, 1.807) is 0 Å². The van der Waals surface area contributed by atoms with Crippen molar-refractivity contribution in [3.05, 3.63) is 0 Å². The van der Waals surface area contributed by atoms with Crippen molar-refractivity contribution in [2.75, 3.05) is 13.2 Å². The van der Waals surface area contributed by atoms with Crippen molar-refractivity contribution in [1.29, 1.82) is 0 Å². The van der Waals surface area contributed by atoms with Gasteiger partial charge in [0.1, 0.15) is 0 Å². The standard InChI is InChI=1S/C42H80O4/c1-3-5-7-9-11-13-15-17-19-21-23-25-27-29-33-37-45-41(43)39-35-31-32-36-40(39)42(44)46-38-34-30-28-26-24-22-20-18-16-14-12-10-8-6-4-2/h39-40H,3-38H2,1-2H3. The van der Waals surface area contributed by atoms with Gasteiger partial charge in [0, 0.05) is 0 Å². The highest BCUT2D eigenvalue weighted by Gasteiger charge is 2.37. The molecule has 0 radical (unpaired) electrons. The summed E-state index contributed by atoms with van der Waals surface area (Å²) in [5.41, 5.74) is 0. The Morgan fingerprint density at radius 1 is 0.370 bits per heavy atom. The zero-order valence-electron chi connectivity index (χ0n) is 31.2. The summed E-state index contributed by atoms with van der Waals surface area (Å²) in [6.07, 6.45) is 43.4. The lowest BCUT2D eigenvalue weighted by Crippen LogP contribution is -2.35. The van der Waals surface area contributed by atoms with Gasteiger partial charge in [0.25, 0.3) is 0 Å². The highest BCUT2D eigenvalue weighted by molar-refractivity contribution is 5.82. The largest absolute Gasteiger partial charge is 0.465 e. The van der Waals surface area contributed by atoms with Crippen LogP contribution in [0.15, 0.2) is 0 Å². The van der Waals surface area contributed by atoms with E-state index in [0.29, 0.717) is 13.2 Å². The van der Waals surface area contributed by atoms with Gasteiger partial charge in [-0.1, -0.05) is 206 Å². The maximum atomic E-state index is 12.9. The Kier molecular flexibility index (Phi) is 31.6. The summed E-state index contributed by atoms with van der Waals surface area (Å²) in [4.78, 5) is 25.7. The van der Waals surface area contributed by atoms with E-state index in [-0.39, 0.29) is 23.8 Å². The van der Waals surface area contributed by atoms with Gasteiger partial charge in [0.2, 0.25) is 0 Å². The third kappa shape index (κ3) is 26.0. The number of rotatable bonds is 34. The third-order valence-corrected chi connectivity index (χ3v) is 10.4. The van der Waals surface area contributed by atoms with Gasteiger partial charge in [-0.25, -0.2) is 0 Å². The molecule has 1 fully saturated rings. The van der Waals surface area contributed by atoms with Gasteiger partial charge in [-0.3, -0.25) is 9.59 Å². The van der Waals surface area contributed by atoms with Crippen molar-refractivity contribution >= 4 is 11.9 Å². The van der Waals surface area contributed by atoms with Crippen LogP contribution in [-0.4, -0.2) is 25.2 Å². The van der Waals surface area contributed by atoms with Gasteiger partial charge in [0.15, 0.2) is 0 Å². The van der Waals surface area contributed by atoms with E-state index >= 15 is 0 Å². The van der Waals surface area contributed by atoms with Gasteiger partial charge in [0.05, 0.1) is 25.0 Å². The third-order valence-electron chi connectivity index (χ3n) is 10.4. The fourth-order valence-corrected chi connectivity index (χ4v) is 7.20. The fourth-order valence-electron chi connectivity index (χ4n) is 7.20. The van der Waals surface area contributed by atoms with Crippen LogP contribution in [0.3, 0.4) is 0 Å². The Morgan fingerprint density at radius 3 is 0.826 bits per heavy atom. The first-order chi connectivity index (χ1) is 22.7. The number of ether oxygens (including phenoxy) is 2. The first-order valence-electron chi connectivity index (χ1n) is 21.0. The Hall–Kier alpha value is -1.06. The molecule has 4 nitrogen and oxygen atoms in total. The normalized spacial score (nSPS) is 16.5. The summed E-state index contributed by atoms with van der Waals surface area (Å²) < 4.78 is 11.3. The minimum absolute atomic E-state index is 0.168. The first-order valence-corrected chi connectivity index (χ1v) is 21.0. The summed E-state index contributed by atoms with van der Waals surface area (Å²) >= 11 is 0. The van der Waals surface area contributed by atoms with Crippen LogP contribution in [0, 0.1) is 11.8 Å². The summed E-state index contributed by atoms with van der Waals surface area (Å²) in [5, 5.41) is 0. The maximum Gasteiger partial charge on any atom is 0.309 e. The van der Waals surface area contributed by atoms with Crippen molar-refractivity contribution in [2.24, 2.45) is 11.8 Å². The van der Waals surface area contributed by atoms with Gasteiger partial charge in [-0.05, 0) is 25.7 Å². The van der Waals surface area contributed by atoms with E-state index in [4.69, 9.17) is 9.47 Å². The molecule has 46 heavy (non-hydrogen) atoms. The topological polar surface area (TPSA) is 52.6 Å². The smallest absolute Gasteiger partial charge is 0.309 e. The molecule has 1 aliphatic carbocycles. The molecule has 2 atom stereocenters. The Bertz CT molecular complexity index is 606. The maximum absolute atomic E-state index is 12.9. The molecule has 0 aromatic heterocycles. The molecule has 0 aromatic rings. The Labute approximate surface area is 287 Å². The zero-order valence-corrected chi connectivity index (χ0v) is 31.2. The van der Waals surface area contributed by atoms with Crippen LogP contribution < -0.4 is 0 Å².